The molecule has 0 radical (unpaired) electrons. The van der Waals surface area contributed by atoms with E-state index in [1.54, 1.807) is 18.6 Å². The first-order chi connectivity index (χ1) is 8.31. The molecule has 1 unspecified atom stereocenters. The lowest BCUT2D eigenvalue weighted by atomic mass is 10.1. The van der Waals surface area contributed by atoms with E-state index in [9.17, 15) is 0 Å². The second-order valence-electron chi connectivity index (χ2n) is 3.83. The zero-order valence-corrected chi connectivity index (χ0v) is 9.80. The van der Waals surface area contributed by atoms with Crippen LogP contribution in [0.3, 0.4) is 0 Å². The van der Waals surface area contributed by atoms with Gasteiger partial charge in [0.25, 0.3) is 0 Å². The van der Waals surface area contributed by atoms with E-state index in [4.69, 9.17) is 5.73 Å². The fourth-order valence-corrected chi connectivity index (χ4v) is 1.72. The van der Waals surface area contributed by atoms with E-state index in [0.29, 0.717) is 5.69 Å². The summed E-state index contributed by atoms with van der Waals surface area (Å²) in [4.78, 5) is 8.26. The molecule has 4 nitrogen and oxygen atoms in total. The Kier molecular flexibility index (Phi) is 3.55. The molecule has 2 rings (SSSR count). The summed E-state index contributed by atoms with van der Waals surface area (Å²) in [6.07, 6.45) is 6.28. The summed E-state index contributed by atoms with van der Waals surface area (Å²) in [5, 5.41) is 3.35. The first kappa shape index (κ1) is 11.4. The second-order valence-corrected chi connectivity index (χ2v) is 3.83. The van der Waals surface area contributed by atoms with E-state index in [1.807, 2.05) is 24.3 Å². The summed E-state index contributed by atoms with van der Waals surface area (Å²) in [7, 11) is 0. The molecule has 0 fully saturated rings. The monoisotopic (exact) mass is 228 g/mol. The molecule has 0 aromatic carbocycles. The Hall–Kier alpha value is -2.10. The van der Waals surface area contributed by atoms with Crippen LogP contribution in [0.1, 0.15) is 24.9 Å². The number of hydrogen-bond acceptors (Lipinski definition) is 4. The fourth-order valence-electron chi connectivity index (χ4n) is 1.72. The highest BCUT2D eigenvalue weighted by molar-refractivity contribution is 5.61. The zero-order valence-electron chi connectivity index (χ0n) is 9.80. The van der Waals surface area contributed by atoms with Gasteiger partial charge >= 0.3 is 0 Å². The van der Waals surface area contributed by atoms with E-state index in [0.717, 1.165) is 12.2 Å². The smallest absolute Gasteiger partial charge is 0.149 e. The fraction of sp³-hybridized carbons (Fsp3) is 0.231. The maximum absolute atomic E-state index is 5.86. The standard InChI is InChI=1S/C13H16N4/c1-2-12(10-5-8-15-9-6-10)17-13-11(14)4-3-7-16-13/h3-9,12H,2,14H2,1H3,(H,16,17). The number of pyridine rings is 2. The summed E-state index contributed by atoms with van der Waals surface area (Å²) in [5.41, 5.74) is 7.72. The highest BCUT2D eigenvalue weighted by Crippen LogP contribution is 2.23. The molecule has 2 heterocycles. The average Bonchev–Trinajstić information content (AvgIpc) is 2.39. The van der Waals surface area contributed by atoms with Crippen molar-refractivity contribution < 1.29 is 0 Å². The number of nitrogens with one attached hydrogen (secondary N) is 1. The van der Waals surface area contributed by atoms with Gasteiger partial charge in [-0.05, 0) is 36.2 Å². The van der Waals surface area contributed by atoms with Crippen molar-refractivity contribution in [1.82, 2.24) is 9.97 Å². The summed E-state index contributed by atoms with van der Waals surface area (Å²) < 4.78 is 0. The Morgan fingerprint density at radius 3 is 2.65 bits per heavy atom. The van der Waals surface area contributed by atoms with Gasteiger partial charge in [0.2, 0.25) is 0 Å². The van der Waals surface area contributed by atoms with Gasteiger partial charge in [0.05, 0.1) is 11.7 Å². The number of anilines is 2. The predicted octanol–water partition coefficient (Wildman–Crippen LogP) is 2.62. The van der Waals surface area contributed by atoms with Crippen LogP contribution in [-0.2, 0) is 0 Å². The molecule has 0 saturated carbocycles. The van der Waals surface area contributed by atoms with Crippen LogP contribution in [0.5, 0.6) is 0 Å². The second kappa shape index (κ2) is 5.30. The summed E-state index contributed by atoms with van der Waals surface area (Å²) in [6, 6.07) is 7.87. The van der Waals surface area contributed by atoms with Crippen LogP contribution in [0.25, 0.3) is 0 Å². The van der Waals surface area contributed by atoms with Crippen LogP contribution in [0, 0.1) is 0 Å². The summed E-state index contributed by atoms with van der Waals surface area (Å²) in [5.74, 6) is 0.733. The van der Waals surface area contributed by atoms with E-state index < -0.39 is 0 Å². The van der Waals surface area contributed by atoms with Gasteiger partial charge in [-0.15, -0.1) is 0 Å². The van der Waals surface area contributed by atoms with E-state index in [1.165, 1.54) is 5.56 Å². The molecule has 2 aromatic heterocycles. The SMILES string of the molecule is CCC(Nc1ncccc1N)c1ccncc1. The largest absolute Gasteiger partial charge is 0.396 e. The molecule has 0 spiro atoms. The van der Waals surface area contributed by atoms with Crippen molar-refractivity contribution in [2.75, 3.05) is 11.1 Å². The number of aromatic nitrogens is 2. The first-order valence-corrected chi connectivity index (χ1v) is 5.68. The Morgan fingerprint density at radius 1 is 1.24 bits per heavy atom. The lowest BCUT2D eigenvalue weighted by Crippen LogP contribution is -2.12. The minimum absolute atomic E-state index is 0.204. The number of hydrogen-bond donors (Lipinski definition) is 2. The minimum Gasteiger partial charge on any atom is -0.396 e. The third-order valence-electron chi connectivity index (χ3n) is 2.67. The summed E-state index contributed by atoms with van der Waals surface area (Å²) in [6.45, 7) is 2.12. The van der Waals surface area contributed by atoms with Gasteiger partial charge in [-0.25, -0.2) is 4.98 Å². The molecule has 0 aliphatic heterocycles. The van der Waals surface area contributed by atoms with Crippen molar-refractivity contribution in [3.63, 3.8) is 0 Å². The molecule has 0 saturated heterocycles. The molecular weight excluding hydrogens is 212 g/mol. The minimum atomic E-state index is 0.204. The van der Waals surface area contributed by atoms with Gasteiger partial charge in [0, 0.05) is 18.6 Å². The molecule has 0 aliphatic carbocycles. The molecule has 17 heavy (non-hydrogen) atoms. The summed E-state index contributed by atoms with van der Waals surface area (Å²) >= 11 is 0. The molecule has 2 aromatic rings. The average molecular weight is 228 g/mol. The lowest BCUT2D eigenvalue weighted by Gasteiger charge is -2.18. The third kappa shape index (κ3) is 2.72. The lowest BCUT2D eigenvalue weighted by molar-refractivity contribution is 0.743. The van der Waals surface area contributed by atoms with Crippen molar-refractivity contribution in [3.8, 4) is 0 Å². The van der Waals surface area contributed by atoms with Gasteiger partial charge in [-0.2, -0.15) is 0 Å². The number of nitrogens with two attached hydrogens (primary N) is 1. The van der Waals surface area contributed by atoms with Crippen molar-refractivity contribution in [1.29, 1.82) is 0 Å². The molecule has 0 amide bonds. The molecule has 4 heteroatoms. The van der Waals surface area contributed by atoms with E-state index in [-0.39, 0.29) is 6.04 Å². The Labute approximate surface area is 101 Å². The molecule has 88 valence electrons. The quantitative estimate of drug-likeness (QED) is 0.844. The van der Waals surface area contributed by atoms with Crippen LogP contribution in [0.15, 0.2) is 42.9 Å². The highest BCUT2D eigenvalue weighted by Gasteiger charge is 2.10. The normalized spacial score (nSPS) is 12.1. The van der Waals surface area contributed by atoms with Crippen molar-refractivity contribution in [2.24, 2.45) is 0 Å². The number of rotatable bonds is 4. The predicted molar refractivity (Wildman–Crippen MR) is 69.5 cm³/mol. The van der Waals surface area contributed by atoms with Crippen LogP contribution in [0.2, 0.25) is 0 Å². The van der Waals surface area contributed by atoms with Crippen molar-refractivity contribution >= 4 is 11.5 Å². The molecule has 0 aliphatic rings. The maximum atomic E-state index is 5.86. The molecule has 1 atom stereocenters. The molecule has 3 N–H and O–H groups in total. The van der Waals surface area contributed by atoms with Crippen LogP contribution in [0.4, 0.5) is 11.5 Å². The van der Waals surface area contributed by atoms with Gasteiger partial charge in [0.15, 0.2) is 0 Å². The topological polar surface area (TPSA) is 63.8 Å². The number of nitrogens with zero attached hydrogens (tertiary/aromatic N) is 2. The molecule has 0 bridgehead atoms. The van der Waals surface area contributed by atoms with Gasteiger partial charge < -0.3 is 11.1 Å². The number of nitrogen functional groups attached to an aromatic ring is 1. The first-order valence-electron chi connectivity index (χ1n) is 5.68. The Morgan fingerprint density at radius 2 is 2.00 bits per heavy atom. The van der Waals surface area contributed by atoms with Gasteiger partial charge in [0.1, 0.15) is 5.82 Å². The third-order valence-corrected chi connectivity index (χ3v) is 2.67. The Bertz CT molecular complexity index is 470. The zero-order chi connectivity index (χ0) is 12.1. The maximum Gasteiger partial charge on any atom is 0.149 e. The van der Waals surface area contributed by atoms with Crippen LogP contribution in [-0.4, -0.2) is 9.97 Å². The molecular formula is C13H16N4. The van der Waals surface area contributed by atoms with E-state index in [2.05, 4.69) is 22.2 Å². The van der Waals surface area contributed by atoms with Gasteiger partial charge in [-0.3, -0.25) is 4.98 Å². The Balaban J connectivity index is 2.19. The van der Waals surface area contributed by atoms with Crippen LogP contribution >= 0.6 is 0 Å². The van der Waals surface area contributed by atoms with Crippen molar-refractivity contribution in [2.45, 2.75) is 19.4 Å². The van der Waals surface area contributed by atoms with Crippen LogP contribution < -0.4 is 11.1 Å². The van der Waals surface area contributed by atoms with Crippen molar-refractivity contribution in [3.05, 3.63) is 48.4 Å². The highest BCUT2D eigenvalue weighted by atomic mass is 15.0. The van der Waals surface area contributed by atoms with E-state index >= 15 is 0 Å². The van der Waals surface area contributed by atoms with Gasteiger partial charge in [-0.1, -0.05) is 6.92 Å².